The molecule has 0 N–H and O–H groups in total. The highest BCUT2D eigenvalue weighted by atomic mass is 19.3. The molecule has 0 spiro atoms. The molecule has 1 saturated heterocycles. The Morgan fingerprint density at radius 1 is 1.28 bits per heavy atom. The average Bonchev–Trinajstić information content (AvgIpc) is 3.13. The molecule has 1 aromatic heterocycles. The van der Waals surface area contributed by atoms with Gasteiger partial charge in [0.25, 0.3) is 0 Å². The zero-order valence-corrected chi connectivity index (χ0v) is 13.4. The molecule has 2 aromatic rings. The third-order valence-electron chi connectivity index (χ3n) is 5.01. The van der Waals surface area contributed by atoms with Crippen LogP contribution in [0.5, 0.6) is 0 Å². The molecular weight excluding hydrogens is 326 g/mol. The third kappa shape index (κ3) is 2.58. The smallest absolute Gasteiger partial charge is 0.318 e. The van der Waals surface area contributed by atoms with E-state index >= 15 is 0 Å². The number of benzene rings is 1. The molecule has 7 heteroatoms. The first-order valence-electron chi connectivity index (χ1n) is 8.20. The van der Waals surface area contributed by atoms with E-state index in [1.54, 1.807) is 12.4 Å². The molecule has 4 rings (SSSR count). The van der Waals surface area contributed by atoms with E-state index in [0.717, 1.165) is 10.8 Å². The maximum atomic E-state index is 13.6. The van der Waals surface area contributed by atoms with Gasteiger partial charge in [0.15, 0.2) is 0 Å². The number of halogens is 2. The van der Waals surface area contributed by atoms with Crippen LogP contribution in [0.25, 0.3) is 10.8 Å². The predicted molar refractivity (Wildman–Crippen MR) is 88.3 cm³/mol. The lowest BCUT2D eigenvalue weighted by atomic mass is 10.1. The molecule has 2 aliphatic rings. The summed E-state index contributed by atoms with van der Waals surface area (Å²) < 4.78 is 27.1. The van der Waals surface area contributed by atoms with Gasteiger partial charge in [-0.1, -0.05) is 24.3 Å². The number of hydrogen-bond donors (Lipinski definition) is 0. The van der Waals surface area contributed by atoms with E-state index < -0.39 is 24.0 Å². The van der Waals surface area contributed by atoms with Gasteiger partial charge >= 0.3 is 6.03 Å². The summed E-state index contributed by atoms with van der Waals surface area (Å²) in [4.78, 5) is 19.9. The third-order valence-corrected chi connectivity index (χ3v) is 5.01. The zero-order chi connectivity index (χ0) is 17.6. The van der Waals surface area contributed by atoms with Gasteiger partial charge in [0.1, 0.15) is 6.04 Å². The van der Waals surface area contributed by atoms with E-state index in [-0.39, 0.29) is 25.8 Å². The number of nitriles is 1. The van der Waals surface area contributed by atoms with Crippen molar-refractivity contribution in [2.45, 2.75) is 37.3 Å². The maximum absolute atomic E-state index is 13.6. The van der Waals surface area contributed by atoms with Gasteiger partial charge in [-0.15, -0.1) is 0 Å². The quantitative estimate of drug-likeness (QED) is 0.838. The fraction of sp³-hybridized carbons (Fsp3) is 0.389. The van der Waals surface area contributed by atoms with E-state index in [2.05, 4.69) is 11.1 Å². The fourth-order valence-electron chi connectivity index (χ4n) is 3.78. The van der Waals surface area contributed by atoms with Crippen molar-refractivity contribution in [3.05, 3.63) is 36.7 Å². The highest BCUT2D eigenvalue weighted by Crippen LogP contribution is 2.40. The number of hydrogen-bond acceptors (Lipinski definition) is 3. The topological polar surface area (TPSA) is 60.2 Å². The van der Waals surface area contributed by atoms with Gasteiger partial charge in [-0.3, -0.25) is 9.88 Å². The normalized spacial score (nSPS) is 25.6. The Bertz CT molecular complexity index is 874. The summed E-state index contributed by atoms with van der Waals surface area (Å²) in [5.41, 5.74) is 0.543. The van der Waals surface area contributed by atoms with Gasteiger partial charge in [0, 0.05) is 35.9 Å². The number of anilines is 1. The van der Waals surface area contributed by atoms with Crippen molar-refractivity contribution in [3.63, 3.8) is 0 Å². The van der Waals surface area contributed by atoms with E-state index in [1.165, 1.54) is 9.80 Å². The van der Waals surface area contributed by atoms with Crippen LogP contribution in [0.15, 0.2) is 36.7 Å². The summed E-state index contributed by atoms with van der Waals surface area (Å²) in [5, 5.41) is 11.2. The summed E-state index contributed by atoms with van der Waals surface area (Å²) in [5.74, 6) is -2.73. The van der Waals surface area contributed by atoms with E-state index in [0.29, 0.717) is 5.69 Å². The summed E-state index contributed by atoms with van der Waals surface area (Å²) in [6, 6.07) is 7.96. The molecule has 0 bridgehead atoms. The first-order chi connectivity index (χ1) is 12.0. The molecule has 5 nitrogen and oxygen atoms in total. The van der Waals surface area contributed by atoms with Crippen molar-refractivity contribution in [3.8, 4) is 6.07 Å². The molecule has 1 saturated carbocycles. The van der Waals surface area contributed by atoms with Crippen LogP contribution in [0.1, 0.15) is 19.3 Å². The molecule has 2 fully saturated rings. The SMILES string of the molecule is N#CC1CN([C@@H]2CCC(F)(F)C2)C(=O)N1c1cncc2ccccc12. The minimum Gasteiger partial charge on any atom is -0.318 e. The first-order valence-corrected chi connectivity index (χ1v) is 8.20. The zero-order valence-electron chi connectivity index (χ0n) is 13.4. The highest BCUT2D eigenvalue weighted by molar-refractivity contribution is 6.04. The van der Waals surface area contributed by atoms with E-state index in [4.69, 9.17) is 0 Å². The Balaban J connectivity index is 1.72. The van der Waals surface area contributed by atoms with Crippen LogP contribution < -0.4 is 4.90 Å². The van der Waals surface area contributed by atoms with E-state index in [9.17, 15) is 18.8 Å². The van der Waals surface area contributed by atoms with Gasteiger partial charge in [0.05, 0.1) is 24.5 Å². The number of fused-ring (bicyclic) bond motifs is 1. The van der Waals surface area contributed by atoms with Gasteiger partial charge in [-0.05, 0) is 6.42 Å². The van der Waals surface area contributed by atoms with Gasteiger partial charge in [0.2, 0.25) is 5.92 Å². The number of pyridine rings is 1. The number of nitrogens with zero attached hydrogens (tertiary/aromatic N) is 4. The van der Waals surface area contributed by atoms with Crippen LogP contribution >= 0.6 is 0 Å². The molecule has 1 aromatic carbocycles. The molecule has 1 unspecified atom stereocenters. The Kier molecular flexibility index (Phi) is 3.57. The minimum absolute atomic E-state index is 0.138. The van der Waals surface area contributed by atoms with Gasteiger partial charge in [-0.2, -0.15) is 5.26 Å². The summed E-state index contributed by atoms with van der Waals surface area (Å²) in [6.07, 6.45) is 2.96. The van der Waals surface area contributed by atoms with Crippen LogP contribution in [0.3, 0.4) is 0 Å². The summed E-state index contributed by atoms with van der Waals surface area (Å²) in [7, 11) is 0. The van der Waals surface area contributed by atoms with Crippen LogP contribution in [0.2, 0.25) is 0 Å². The molecule has 2 heterocycles. The predicted octanol–water partition coefficient (Wildman–Crippen LogP) is 3.56. The number of rotatable bonds is 2. The van der Waals surface area contributed by atoms with Gasteiger partial charge < -0.3 is 4.90 Å². The van der Waals surface area contributed by atoms with Crippen molar-refractivity contribution in [1.29, 1.82) is 5.26 Å². The monoisotopic (exact) mass is 342 g/mol. The highest BCUT2D eigenvalue weighted by Gasteiger charge is 2.48. The van der Waals surface area contributed by atoms with Crippen LogP contribution in [-0.4, -0.2) is 40.5 Å². The lowest BCUT2D eigenvalue weighted by Gasteiger charge is -2.24. The Labute approximate surface area is 143 Å². The average molecular weight is 342 g/mol. The largest absolute Gasteiger partial charge is 0.326 e. The molecule has 1 aliphatic carbocycles. The molecule has 128 valence electrons. The lowest BCUT2D eigenvalue weighted by Crippen LogP contribution is -2.39. The number of aromatic nitrogens is 1. The maximum Gasteiger partial charge on any atom is 0.326 e. The Morgan fingerprint density at radius 3 is 2.80 bits per heavy atom. The van der Waals surface area contributed by atoms with E-state index in [1.807, 2.05) is 24.3 Å². The molecule has 2 amide bonds. The van der Waals surface area contributed by atoms with Crippen molar-refractivity contribution < 1.29 is 13.6 Å². The van der Waals surface area contributed by atoms with Crippen LogP contribution in [0, 0.1) is 11.3 Å². The Morgan fingerprint density at radius 2 is 2.08 bits per heavy atom. The number of urea groups is 1. The molecule has 1 aliphatic heterocycles. The molecular formula is C18H16F2N4O. The van der Waals surface area contributed by atoms with Crippen molar-refractivity contribution in [1.82, 2.24) is 9.88 Å². The summed E-state index contributed by atoms with van der Waals surface area (Å²) >= 11 is 0. The number of amides is 2. The van der Waals surface area contributed by atoms with Crippen LogP contribution in [-0.2, 0) is 0 Å². The van der Waals surface area contributed by atoms with Crippen molar-refractivity contribution in [2.75, 3.05) is 11.4 Å². The number of alkyl halides is 2. The number of carbonyl (C=O) groups excluding carboxylic acids is 1. The second kappa shape index (κ2) is 5.66. The lowest BCUT2D eigenvalue weighted by molar-refractivity contribution is 0.00359. The standard InChI is InChI=1S/C18H16F2N4O/c19-18(20)6-5-13(7-18)23-11-14(8-21)24(17(23)25)16-10-22-9-12-3-1-2-4-15(12)16/h1-4,9-10,13-14H,5-7,11H2/t13-,14?/m1/s1. The first kappa shape index (κ1) is 15.8. The Hall–Kier alpha value is -2.75. The van der Waals surface area contributed by atoms with Gasteiger partial charge in [-0.25, -0.2) is 13.6 Å². The molecule has 25 heavy (non-hydrogen) atoms. The molecule has 2 atom stereocenters. The number of carbonyl (C=O) groups is 1. The van der Waals surface area contributed by atoms with Crippen molar-refractivity contribution >= 4 is 22.5 Å². The van der Waals surface area contributed by atoms with Crippen molar-refractivity contribution in [2.24, 2.45) is 0 Å². The second-order valence-electron chi connectivity index (χ2n) is 6.58. The minimum atomic E-state index is -2.73. The molecule has 0 radical (unpaired) electrons. The second-order valence-corrected chi connectivity index (χ2v) is 6.58. The van der Waals surface area contributed by atoms with Crippen LogP contribution in [0.4, 0.5) is 19.3 Å². The fourth-order valence-corrected chi connectivity index (χ4v) is 3.78. The summed E-state index contributed by atoms with van der Waals surface area (Å²) in [6.45, 7) is 0.138.